The van der Waals surface area contributed by atoms with E-state index in [-0.39, 0.29) is 17.3 Å². The van der Waals surface area contributed by atoms with Crippen LogP contribution < -0.4 is 0 Å². The van der Waals surface area contributed by atoms with Crippen LogP contribution >= 0.6 is 0 Å². The molecule has 1 aromatic rings. The maximum Gasteiger partial charge on any atom is 0.371 e. The molecule has 0 saturated carbocycles. The molecule has 5 nitrogen and oxygen atoms in total. The predicted octanol–water partition coefficient (Wildman–Crippen LogP) is 1.17. The summed E-state index contributed by atoms with van der Waals surface area (Å²) in [5.74, 6) is -2.03. The summed E-state index contributed by atoms with van der Waals surface area (Å²) in [4.78, 5) is 10.6. The molecule has 0 aliphatic carbocycles. The van der Waals surface area contributed by atoms with Crippen LogP contribution in [0.2, 0.25) is 0 Å². The average Bonchev–Trinajstić information content (AvgIpc) is 2.19. The van der Waals surface area contributed by atoms with Crippen LogP contribution in [-0.4, -0.2) is 28.4 Å². The standard InChI is InChI=1S/C10H10O5/c1-15-9(10(13)14)5-6-2-3-7(11)8(12)4-6/h2-5,11-12H,1H3,(H,13,14)/b9-5-. The lowest BCUT2D eigenvalue weighted by Crippen LogP contribution is -2.01. The highest BCUT2D eigenvalue weighted by molar-refractivity contribution is 5.89. The molecule has 1 rings (SSSR count). The topological polar surface area (TPSA) is 87.0 Å². The zero-order chi connectivity index (χ0) is 11.4. The molecule has 0 aliphatic heterocycles. The Morgan fingerprint density at radius 1 is 1.33 bits per heavy atom. The van der Waals surface area contributed by atoms with Crippen molar-refractivity contribution in [2.75, 3.05) is 7.11 Å². The number of aliphatic carboxylic acids is 1. The lowest BCUT2D eigenvalue weighted by atomic mass is 10.2. The quantitative estimate of drug-likeness (QED) is 0.396. The van der Waals surface area contributed by atoms with Gasteiger partial charge in [-0.1, -0.05) is 6.07 Å². The molecule has 0 spiro atoms. The smallest absolute Gasteiger partial charge is 0.371 e. The maximum atomic E-state index is 10.6. The zero-order valence-corrected chi connectivity index (χ0v) is 7.97. The van der Waals surface area contributed by atoms with E-state index in [0.717, 1.165) is 0 Å². The number of ether oxygens (including phenoxy) is 1. The van der Waals surface area contributed by atoms with E-state index in [4.69, 9.17) is 15.3 Å². The summed E-state index contributed by atoms with van der Waals surface area (Å²) in [5.41, 5.74) is 0.421. The van der Waals surface area contributed by atoms with Gasteiger partial charge in [-0.15, -0.1) is 0 Å². The molecule has 0 bridgehead atoms. The van der Waals surface area contributed by atoms with Crippen LogP contribution in [-0.2, 0) is 9.53 Å². The summed E-state index contributed by atoms with van der Waals surface area (Å²) >= 11 is 0. The van der Waals surface area contributed by atoms with Gasteiger partial charge in [0.15, 0.2) is 11.5 Å². The number of carboxylic acid groups (broad SMARTS) is 1. The van der Waals surface area contributed by atoms with Crippen molar-refractivity contribution in [1.29, 1.82) is 0 Å². The van der Waals surface area contributed by atoms with Gasteiger partial charge in [-0.2, -0.15) is 0 Å². The maximum absolute atomic E-state index is 10.6. The lowest BCUT2D eigenvalue weighted by Gasteiger charge is -2.01. The van der Waals surface area contributed by atoms with E-state index < -0.39 is 5.97 Å². The fourth-order valence-corrected chi connectivity index (χ4v) is 0.990. The monoisotopic (exact) mass is 210 g/mol. The van der Waals surface area contributed by atoms with Crippen LogP contribution in [0.3, 0.4) is 0 Å². The lowest BCUT2D eigenvalue weighted by molar-refractivity contribution is -0.135. The third-order valence-electron chi connectivity index (χ3n) is 1.73. The van der Waals surface area contributed by atoms with Crippen LogP contribution in [0.4, 0.5) is 0 Å². The van der Waals surface area contributed by atoms with Crippen molar-refractivity contribution >= 4 is 12.0 Å². The van der Waals surface area contributed by atoms with E-state index in [1.807, 2.05) is 0 Å². The Hall–Kier alpha value is -2.17. The summed E-state index contributed by atoms with van der Waals surface area (Å²) in [7, 11) is 1.24. The number of carbonyl (C=O) groups is 1. The van der Waals surface area contributed by atoms with Crippen LogP contribution in [0.5, 0.6) is 11.5 Å². The Labute approximate surface area is 85.9 Å². The number of rotatable bonds is 3. The van der Waals surface area contributed by atoms with Crippen molar-refractivity contribution in [2.45, 2.75) is 0 Å². The van der Waals surface area contributed by atoms with Gasteiger partial charge >= 0.3 is 5.97 Å². The zero-order valence-electron chi connectivity index (χ0n) is 7.97. The van der Waals surface area contributed by atoms with Gasteiger partial charge in [0.1, 0.15) is 0 Å². The number of methoxy groups -OCH3 is 1. The minimum absolute atomic E-state index is 0.250. The van der Waals surface area contributed by atoms with Gasteiger partial charge in [0.25, 0.3) is 0 Å². The number of aromatic hydroxyl groups is 2. The molecule has 0 atom stereocenters. The first-order valence-corrected chi connectivity index (χ1v) is 4.05. The fourth-order valence-electron chi connectivity index (χ4n) is 0.990. The molecule has 0 amide bonds. The molecule has 80 valence electrons. The Morgan fingerprint density at radius 3 is 2.47 bits per heavy atom. The Morgan fingerprint density at radius 2 is 2.00 bits per heavy atom. The second-order valence-electron chi connectivity index (χ2n) is 2.77. The predicted molar refractivity (Wildman–Crippen MR) is 52.4 cm³/mol. The van der Waals surface area contributed by atoms with Crippen molar-refractivity contribution in [1.82, 2.24) is 0 Å². The van der Waals surface area contributed by atoms with Gasteiger partial charge in [-0.05, 0) is 23.8 Å². The van der Waals surface area contributed by atoms with Gasteiger partial charge < -0.3 is 20.1 Å². The normalized spacial score (nSPS) is 11.1. The van der Waals surface area contributed by atoms with Gasteiger partial charge in [0.2, 0.25) is 5.76 Å². The number of benzene rings is 1. The van der Waals surface area contributed by atoms with E-state index in [1.165, 1.54) is 31.4 Å². The molecule has 0 radical (unpaired) electrons. The molecule has 15 heavy (non-hydrogen) atoms. The number of phenolic OH excluding ortho intramolecular Hbond substituents is 2. The van der Waals surface area contributed by atoms with Crippen molar-refractivity contribution < 1.29 is 24.9 Å². The SMILES string of the molecule is CO/C(=C\c1ccc(O)c(O)c1)C(=O)O. The number of hydrogen-bond acceptors (Lipinski definition) is 4. The summed E-state index contributed by atoms with van der Waals surface area (Å²) in [5, 5.41) is 26.8. The highest BCUT2D eigenvalue weighted by Gasteiger charge is 2.07. The third-order valence-corrected chi connectivity index (χ3v) is 1.73. The molecule has 0 fully saturated rings. The molecular weight excluding hydrogens is 200 g/mol. The molecule has 0 aromatic heterocycles. The molecule has 0 saturated heterocycles. The van der Waals surface area contributed by atoms with E-state index in [2.05, 4.69) is 4.74 Å². The minimum Gasteiger partial charge on any atom is -0.504 e. The molecule has 0 aliphatic rings. The van der Waals surface area contributed by atoms with Crippen molar-refractivity contribution in [3.8, 4) is 11.5 Å². The van der Waals surface area contributed by atoms with E-state index >= 15 is 0 Å². The average molecular weight is 210 g/mol. The summed E-state index contributed by atoms with van der Waals surface area (Å²) in [6.07, 6.45) is 1.24. The third kappa shape index (κ3) is 2.63. The van der Waals surface area contributed by atoms with E-state index in [9.17, 15) is 4.79 Å². The number of carboxylic acids is 1. The van der Waals surface area contributed by atoms with Gasteiger partial charge in [0, 0.05) is 0 Å². The van der Waals surface area contributed by atoms with Crippen LogP contribution in [0.25, 0.3) is 6.08 Å². The Kier molecular flexibility index (Phi) is 3.17. The van der Waals surface area contributed by atoms with E-state index in [0.29, 0.717) is 5.56 Å². The van der Waals surface area contributed by atoms with E-state index in [1.54, 1.807) is 0 Å². The second kappa shape index (κ2) is 4.36. The second-order valence-corrected chi connectivity index (χ2v) is 2.77. The van der Waals surface area contributed by atoms with Crippen molar-refractivity contribution in [2.24, 2.45) is 0 Å². The Balaban J connectivity index is 3.07. The first-order chi connectivity index (χ1) is 7.04. The highest BCUT2D eigenvalue weighted by atomic mass is 16.5. The molecule has 0 unspecified atom stereocenters. The van der Waals surface area contributed by atoms with Gasteiger partial charge in [-0.25, -0.2) is 4.79 Å². The molecule has 5 heteroatoms. The van der Waals surface area contributed by atoms with Crippen LogP contribution in [0.1, 0.15) is 5.56 Å². The molecule has 0 heterocycles. The fraction of sp³-hybridized carbons (Fsp3) is 0.100. The largest absolute Gasteiger partial charge is 0.504 e. The first kappa shape index (κ1) is 10.9. The first-order valence-electron chi connectivity index (χ1n) is 4.05. The van der Waals surface area contributed by atoms with Gasteiger partial charge in [-0.3, -0.25) is 0 Å². The molecular formula is C10H10O5. The molecule has 1 aromatic carbocycles. The Bertz CT molecular complexity index is 408. The number of phenols is 2. The summed E-state index contributed by atoms with van der Waals surface area (Å²) in [6, 6.07) is 3.95. The molecule has 3 N–H and O–H groups in total. The minimum atomic E-state index is -1.20. The van der Waals surface area contributed by atoms with Gasteiger partial charge in [0.05, 0.1) is 7.11 Å². The van der Waals surface area contributed by atoms with Crippen LogP contribution in [0, 0.1) is 0 Å². The highest BCUT2D eigenvalue weighted by Crippen LogP contribution is 2.25. The summed E-state index contributed by atoms with van der Waals surface area (Å²) in [6.45, 7) is 0. The van der Waals surface area contributed by atoms with Crippen molar-refractivity contribution in [3.63, 3.8) is 0 Å². The van der Waals surface area contributed by atoms with Crippen LogP contribution in [0.15, 0.2) is 24.0 Å². The van der Waals surface area contributed by atoms with Crippen molar-refractivity contribution in [3.05, 3.63) is 29.5 Å². The number of hydrogen-bond donors (Lipinski definition) is 3. The summed E-state index contributed by atoms with van der Waals surface area (Å²) < 4.78 is 4.60.